The summed E-state index contributed by atoms with van der Waals surface area (Å²) in [5.41, 5.74) is 3.48. The van der Waals surface area contributed by atoms with Crippen LogP contribution in [-0.4, -0.2) is 14.9 Å². The largest absolute Gasteiger partial charge is 0.507 e. The molecule has 3 rings (SSSR count). The third-order valence-electron chi connectivity index (χ3n) is 3.38. The quantitative estimate of drug-likeness (QED) is 0.767. The highest BCUT2D eigenvalue weighted by molar-refractivity contribution is 6.30. The summed E-state index contributed by atoms with van der Waals surface area (Å²) in [6, 6.07) is 17.0. The molecule has 0 saturated carbocycles. The molecule has 2 aromatic carbocycles. The Labute approximate surface area is 128 Å². The van der Waals surface area contributed by atoms with Crippen molar-refractivity contribution < 1.29 is 5.11 Å². The first-order valence-electron chi connectivity index (χ1n) is 6.81. The molecule has 1 heterocycles. The fraction of sp³-hybridized carbons (Fsp3) is 0.118. The van der Waals surface area contributed by atoms with E-state index in [4.69, 9.17) is 11.6 Å². The molecule has 0 saturated heterocycles. The average molecular weight is 299 g/mol. The van der Waals surface area contributed by atoms with Gasteiger partial charge in [0.25, 0.3) is 0 Å². The molecule has 0 fully saturated rings. The van der Waals surface area contributed by atoms with Gasteiger partial charge in [-0.2, -0.15) is 5.10 Å². The average Bonchev–Trinajstić information content (AvgIpc) is 2.94. The fourth-order valence-electron chi connectivity index (χ4n) is 2.34. The summed E-state index contributed by atoms with van der Waals surface area (Å²) < 4.78 is 1.87. The minimum Gasteiger partial charge on any atom is -0.507 e. The summed E-state index contributed by atoms with van der Waals surface area (Å²) in [5, 5.41) is 15.3. The van der Waals surface area contributed by atoms with Gasteiger partial charge < -0.3 is 5.11 Å². The van der Waals surface area contributed by atoms with Crippen LogP contribution in [0.15, 0.2) is 54.6 Å². The van der Waals surface area contributed by atoms with Crippen molar-refractivity contribution >= 4 is 11.6 Å². The molecule has 1 N–H and O–H groups in total. The zero-order valence-electron chi connectivity index (χ0n) is 11.6. The number of nitrogens with zero attached hydrogens (tertiary/aromatic N) is 2. The molecule has 3 nitrogen and oxygen atoms in total. The highest BCUT2D eigenvalue weighted by Crippen LogP contribution is 2.34. The van der Waals surface area contributed by atoms with E-state index in [1.807, 2.05) is 48.0 Å². The van der Waals surface area contributed by atoms with Gasteiger partial charge in [0.05, 0.1) is 11.4 Å². The van der Waals surface area contributed by atoms with E-state index in [1.54, 1.807) is 18.2 Å². The second-order valence-corrected chi connectivity index (χ2v) is 5.19. The van der Waals surface area contributed by atoms with Gasteiger partial charge in [0, 0.05) is 22.7 Å². The minimum absolute atomic E-state index is 0.202. The predicted molar refractivity (Wildman–Crippen MR) is 85.4 cm³/mol. The number of hydrogen-bond donors (Lipinski definition) is 1. The molecule has 0 unspecified atom stereocenters. The van der Waals surface area contributed by atoms with Crippen LogP contribution in [0.2, 0.25) is 5.02 Å². The van der Waals surface area contributed by atoms with Crippen LogP contribution in [0.1, 0.15) is 6.92 Å². The van der Waals surface area contributed by atoms with E-state index in [0.717, 1.165) is 17.0 Å². The molecule has 0 bridgehead atoms. The van der Waals surface area contributed by atoms with Crippen LogP contribution in [0.4, 0.5) is 0 Å². The summed E-state index contributed by atoms with van der Waals surface area (Å²) in [6.07, 6.45) is 0. The van der Waals surface area contributed by atoms with Crippen LogP contribution in [-0.2, 0) is 6.54 Å². The number of benzene rings is 2. The van der Waals surface area contributed by atoms with Crippen molar-refractivity contribution in [3.8, 4) is 28.3 Å². The standard InChI is InChI=1S/C17H15ClN2O/c1-2-20-16(14-10-13(18)8-9-17(14)21)11-15(19-20)12-6-4-3-5-7-12/h3-11,21H,2H2,1H3. The third kappa shape index (κ3) is 2.65. The molecular formula is C17H15ClN2O. The molecule has 0 aliphatic rings. The summed E-state index contributed by atoms with van der Waals surface area (Å²) >= 11 is 6.05. The maximum Gasteiger partial charge on any atom is 0.125 e. The van der Waals surface area contributed by atoms with Crippen LogP contribution in [0.25, 0.3) is 22.5 Å². The Morgan fingerprint density at radius 2 is 1.86 bits per heavy atom. The van der Waals surface area contributed by atoms with Gasteiger partial charge >= 0.3 is 0 Å². The predicted octanol–water partition coefficient (Wildman–Crippen LogP) is 4.60. The topological polar surface area (TPSA) is 38.0 Å². The monoisotopic (exact) mass is 298 g/mol. The second kappa shape index (κ2) is 5.62. The van der Waals surface area contributed by atoms with Crippen molar-refractivity contribution in [3.05, 3.63) is 59.6 Å². The molecule has 0 aliphatic carbocycles. The number of aryl methyl sites for hydroxylation is 1. The number of aromatic nitrogens is 2. The Bertz CT molecular complexity index is 766. The third-order valence-corrected chi connectivity index (χ3v) is 3.62. The SMILES string of the molecule is CCn1nc(-c2ccccc2)cc1-c1cc(Cl)ccc1O. The molecular weight excluding hydrogens is 284 g/mol. The lowest BCUT2D eigenvalue weighted by atomic mass is 10.1. The molecule has 106 valence electrons. The fourth-order valence-corrected chi connectivity index (χ4v) is 2.51. The van der Waals surface area contributed by atoms with Crippen molar-refractivity contribution in [2.75, 3.05) is 0 Å². The minimum atomic E-state index is 0.202. The van der Waals surface area contributed by atoms with E-state index >= 15 is 0 Å². The highest BCUT2D eigenvalue weighted by atomic mass is 35.5. The Morgan fingerprint density at radius 3 is 2.57 bits per heavy atom. The van der Waals surface area contributed by atoms with Crippen LogP contribution >= 0.6 is 11.6 Å². The highest BCUT2D eigenvalue weighted by Gasteiger charge is 2.14. The lowest BCUT2D eigenvalue weighted by Crippen LogP contribution is -1.99. The van der Waals surface area contributed by atoms with Crippen molar-refractivity contribution in [1.29, 1.82) is 0 Å². The number of aromatic hydroxyl groups is 1. The molecule has 0 aliphatic heterocycles. The molecule has 0 radical (unpaired) electrons. The van der Waals surface area contributed by atoms with Gasteiger partial charge in [-0.15, -0.1) is 0 Å². The van der Waals surface area contributed by atoms with Crippen molar-refractivity contribution in [3.63, 3.8) is 0 Å². The first-order valence-corrected chi connectivity index (χ1v) is 7.19. The van der Waals surface area contributed by atoms with E-state index in [9.17, 15) is 5.11 Å². The van der Waals surface area contributed by atoms with Crippen molar-refractivity contribution in [2.45, 2.75) is 13.5 Å². The van der Waals surface area contributed by atoms with Crippen molar-refractivity contribution in [2.24, 2.45) is 0 Å². The van der Waals surface area contributed by atoms with E-state index < -0.39 is 0 Å². The van der Waals surface area contributed by atoms with Crippen LogP contribution < -0.4 is 0 Å². The number of halogens is 1. The van der Waals surface area contributed by atoms with E-state index in [2.05, 4.69) is 5.10 Å². The van der Waals surface area contributed by atoms with Gasteiger partial charge in [0.2, 0.25) is 0 Å². The molecule has 3 aromatic rings. The summed E-state index contributed by atoms with van der Waals surface area (Å²) in [5.74, 6) is 0.202. The van der Waals surface area contributed by atoms with Crippen LogP contribution in [0.3, 0.4) is 0 Å². The maximum absolute atomic E-state index is 10.1. The molecule has 21 heavy (non-hydrogen) atoms. The lowest BCUT2D eigenvalue weighted by molar-refractivity contribution is 0.476. The van der Waals surface area contributed by atoms with E-state index in [0.29, 0.717) is 17.1 Å². The van der Waals surface area contributed by atoms with E-state index in [1.165, 1.54) is 0 Å². The van der Waals surface area contributed by atoms with Gasteiger partial charge in [-0.05, 0) is 31.2 Å². The van der Waals surface area contributed by atoms with Crippen LogP contribution in [0, 0.1) is 0 Å². The number of hydrogen-bond acceptors (Lipinski definition) is 2. The maximum atomic E-state index is 10.1. The van der Waals surface area contributed by atoms with E-state index in [-0.39, 0.29) is 5.75 Å². The zero-order chi connectivity index (χ0) is 14.8. The Kier molecular flexibility index (Phi) is 3.67. The van der Waals surface area contributed by atoms with Crippen molar-refractivity contribution in [1.82, 2.24) is 9.78 Å². The normalized spacial score (nSPS) is 10.8. The van der Waals surface area contributed by atoms with Gasteiger partial charge in [0.15, 0.2) is 0 Å². The Hall–Kier alpha value is -2.26. The second-order valence-electron chi connectivity index (χ2n) is 4.76. The summed E-state index contributed by atoms with van der Waals surface area (Å²) in [6.45, 7) is 2.74. The lowest BCUT2D eigenvalue weighted by Gasteiger charge is -2.07. The van der Waals surface area contributed by atoms with Gasteiger partial charge in [-0.1, -0.05) is 41.9 Å². The summed E-state index contributed by atoms with van der Waals surface area (Å²) in [7, 11) is 0. The van der Waals surface area contributed by atoms with Gasteiger partial charge in [-0.3, -0.25) is 4.68 Å². The zero-order valence-corrected chi connectivity index (χ0v) is 12.4. The van der Waals surface area contributed by atoms with Gasteiger partial charge in [0.1, 0.15) is 5.75 Å². The van der Waals surface area contributed by atoms with Crippen LogP contribution in [0.5, 0.6) is 5.75 Å². The first kappa shape index (κ1) is 13.7. The Balaban J connectivity index is 2.15. The number of rotatable bonds is 3. The first-order chi connectivity index (χ1) is 10.2. The molecule has 0 spiro atoms. The smallest absolute Gasteiger partial charge is 0.125 e. The molecule has 0 atom stereocenters. The molecule has 4 heteroatoms. The number of phenolic OH excluding ortho intramolecular Hbond substituents is 1. The molecule has 0 amide bonds. The number of phenols is 1. The Morgan fingerprint density at radius 1 is 1.10 bits per heavy atom. The van der Waals surface area contributed by atoms with Gasteiger partial charge in [-0.25, -0.2) is 0 Å². The molecule has 1 aromatic heterocycles. The summed E-state index contributed by atoms with van der Waals surface area (Å²) in [4.78, 5) is 0.